The van der Waals surface area contributed by atoms with Gasteiger partial charge in [-0.05, 0) is 49.3 Å². The summed E-state index contributed by atoms with van der Waals surface area (Å²) >= 11 is 0. The topological polar surface area (TPSA) is 113 Å². The normalized spacial score (nSPS) is 25.9. The van der Waals surface area contributed by atoms with Gasteiger partial charge in [-0.1, -0.05) is 13.8 Å². The van der Waals surface area contributed by atoms with Gasteiger partial charge in [0.2, 0.25) is 20.0 Å². The smallest absolute Gasteiger partial charge is 0.251 e. The van der Waals surface area contributed by atoms with E-state index in [1.165, 1.54) is 33.9 Å². The maximum Gasteiger partial charge on any atom is 0.251 e. The van der Waals surface area contributed by atoms with Crippen LogP contribution in [0.4, 0.5) is 0 Å². The zero-order valence-electron chi connectivity index (χ0n) is 19.1. The average Bonchev–Trinajstić information content (AvgIpc) is 2.72. The van der Waals surface area contributed by atoms with E-state index >= 15 is 0 Å². The van der Waals surface area contributed by atoms with Crippen molar-refractivity contribution in [2.24, 2.45) is 11.8 Å². The second kappa shape index (κ2) is 9.66. The van der Waals surface area contributed by atoms with Gasteiger partial charge in [0.1, 0.15) is 10.6 Å². The van der Waals surface area contributed by atoms with Crippen LogP contribution in [0.25, 0.3) is 0 Å². The van der Waals surface area contributed by atoms with Gasteiger partial charge in [0.05, 0.1) is 13.4 Å². The van der Waals surface area contributed by atoms with Crippen LogP contribution in [0.1, 0.15) is 43.5 Å². The van der Waals surface area contributed by atoms with Crippen molar-refractivity contribution in [3.05, 3.63) is 23.8 Å². The van der Waals surface area contributed by atoms with E-state index in [0.29, 0.717) is 32.5 Å². The zero-order chi connectivity index (χ0) is 23.7. The number of carbonyl (C=O) groups excluding carboxylic acids is 1. The second-order valence-corrected chi connectivity index (χ2v) is 13.0. The Morgan fingerprint density at radius 3 is 2.31 bits per heavy atom. The molecule has 2 saturated heterocycles. The van der Waals surface area contributed by atoms with Crippen LogP contribution < -0.4 is 10.1 Å². The molecule has 1 amide bonds. The highest BCUT2D eigenvalue weighted by Crippen LogP contribution is 2.32. The molecular weight excluding hydrogens is 454 g/mol. The molecule has 3 rings (SSSR count). The average molecular weight is 488 g/mol. The Morgan fingerprint density at radius 1 is 1.06 bits per heavy atom. The number of methoxy groups -OCH3 is 1. The van der Waals surface area contributed by atoms with Crippen LogP contribution in [0.5, 0.6) is 5.75 Å². The number of ether oxygens (including phenoxy) is 1. The Hall–Kier alpha value is -1.69. The van der Waals surface area contributed by atoms with E-state index in [2.05, 4.69) is 5.32 Å². The van der Waals surface area contributed by atoms with E-state index in [4.69, 9.17) is 4.74 Å². The van der Waals surface area contributed by atoms with Crippen molar-refractivity contribution in [3.8, 4) is 5.75 Å². The van der Waals surface area contributed by atoms with E-state index in [1.807, 2.05) is 13.8 Å². The first-order valence-corrected chi connectivity index (χ1v) is 14.1. The van der Waals surface area contributed by atoms with Gasteiger partial charge < -0.3 is 10.1 Å². The standard InChI is InChI=1S/C21H33N3O6S2/c1-15-10-16(2)13-24(12-15)32(28,29)20-11-17(7-8-19(20)30-3)21(25)22-18-6-5-9-23(14-18)31(4,26)27/h7-8,11,15-16,18H,5-6,9-10,12-14H2,1-4H3,(H,22,25). The van der Waals surface area contributed by atoms with Crippen molar-refractivity contribution < 1.29 is 26.4 Å². The predicted octanol–water partition coefficient (Wildman–Crippen LogP) is 1.52. The van der Waals surface area contributed by atoms with Crippen molar-refractivity contribution in [1.82, 2.24) is 13.9 Å². The lowest BCUT2D eigenvalue weighted by atomic mass is 9.94. The number of nitrogens with one attached hydrogen (secondary N) is 1. The molecule has 0 radical (unpaired) electrons. The summed E-state index contributed by atoms with van der Waals surface area (Å²) in [5.41, 5.74) is 0.193. The summed E-state index contributed by atoms with van der Waals surface area (Å²) in [6.45, 7) is 5.55. The summed E-state index contributed by atoms with van der Waals surface area (Å²) in [4.78, 5) is 12.9. The lowest BCUT2D eigenvalue weighted by Crippen LogP contribution is -2.49. The number of nitrogens with zero attached hydrogens (tertiary/aromatic N) is 2. The van der Waals surface area contributed by atoms with Gasteiger partial charge in [-0.25, -0.2) is 21.1 Å². The summed E-state index contributed by atoms with van der Waals surface area (Å²) < 4.78 is 58.6. The quantitative estimate of drug-likeness (QED) is 0.651. The first-order chi connectivity index (χ1) is 14.9. The molecule has 0 bridgehead atoms. The number of carbonyl (C=O) groups is 1. The van der Waals surface area contributed by atoms with E-state index in [1.54, 1.807) is 0 Å². The first-order valence-electron chi connectivity index (χ1n) is 10.9. The van der Waals surface area contributed by atoms with Crippen LogP contribution in [-0.2, 0) is 20.0 Å². The molecule has 9 nitrogen and oxygen atoms in total. The molecule has 2 aliphatic rings. The molecule has 3 unspecified atom stereocenters. The first kappa shape index (κ1) is 24.9. The Labute approximate surface area is 191 Å². The van der Waals surface area contributed by atoms with E-state index in [0.717, 1.165) is 12.7 Å². The summed E-state index contributed by atoms with van der Waals surface area (Å²) in [6.07, 6.45) is 3.42. The zero-order valence-corrected chi connectivity index (χ0v) is 20.7. The fourth-order valence-corrected chi connectivity index (χ4v) is 7.36. The molecule has 1 aromatic carbocycles. The van der Waals surface area contributed by atoms with Crippen LogP contribution in [0.3, 0.4) is 0 Å². The van der Waals surface area contributed by atoms with Gasteiger partial charge in [0.15, 0.2) is 0 Å². The van der Waals surface area contributed by atoms with Crippen LogP contribution in [0, 0.1) is 11.8 Å². The number of benzene rings is 1. The molecule has 1 N–H and O–H groups in total. The van der Waals surface area contributed by atoms with Crippen molar-refractivity contribution >= 4 is 26.0 Å². The third-order valence-electron chi connectivity index (χ3n) is 6.07. The number of sulfonamides is 2. The Kier molecular flexibility index (Phi) is 7.53. The number of hydrogen-bond acceptors (Lipinski definition) is 6. The molecule has 1 aromatic rings. The van der Waals surface area contributed by atoms with Crippen LogP contribution in [0.2, 0.25) is 0 Å². The van der Waals surface area contributed by atoms with Gasteiger partial charge in [0.25, 0.3) is 5.91 Å². The molecule has 11 heteroatoms. The van der Waals surface area contributed by atoms with Gasteiger partial charge in [-0.15, -0.1) is 0 Å². The molecule has 32 heavy (non-hydrogen) atoms. The molecule has 2 heterocycles. The van der Waals surface area contributed by atoms with Gasteiger partial charge in [-0.3, -0.25) is 4.79 Å². The minimum atomic E-state index is -3.85. The summed E-state index contributed by atoms with van der Waals surface area (Å²) in [7, 11) is -5.78. The van der Waals surface area contributed by atoms with E-state index in [-0.39, 0.29) is 40.6 Å². The lowest BCUT2D eigenvalue weighted by Gasteiger charge is -2.34. The SMILES string of the molecule is COc1ccc(C(=O)NC2CCCN(S(C)(=O)=O)C2)cc1S(=O)(=O)N1CC(C)CC(C)C1. The number of amides is 1. The Balaban J connectivity index is 1.83. The molecule has 180 valence electrons. The van der Waals surface area contributed by atoms with Crippen molar-refractivity contribution in [2.75, 3.05) is 39.5 Å². The van der Waals surface area contributed by atoms with E-state index < -0.39 is 26.0 Å². The molecule has 0 spiro atoms. The van der Waals surface area contributed by atoms with Crippen molar-refractivity contribution in [2.45, 2.75) is 44.0 Å². The van der Waals surface area contributed by atoms with Gasteiger partial charge in [-0.2, -0.15) is 4.31 Å². The predicted molar refractivity (Wildman–Crippen MR) is 122 cm³/mol. The molecule has 0 saturated carbocycles. The minimum Gasteiger partial charge on any atom is -0.495 e. The largest absolute Gasteiger partial charge is 0.495 e. The number of rotatable bonds is 6. The molecular formula is C21H33N3O6S2. The number of piperidine rings is 2. The molecule has 2 fully saturated rings. The maximum absolute atomic E-state index is 13.4. The van der Waals surface area contributed by atoms with Crippen LogP contribution in [0.15, 0.2) is 23.1 Å². The lowest BCUT2D eigenvalue weighted by molar-refractivity contribution is 0.0921. The van der Waals surface area contributed by atoms with Crippen LogP contribution in [-0.4, -0.2) is 76.9 Å². The van der Waals surface area contributed by atoms with E-state index in [9.17, 15) is 21.6 Å². The van der Waals surface area contributed by atoms with Crippen LogP contribution >= 0.6 is 0 Å². The fraction of sp³-hybridized carbons (Fsp3) is 0.667. The highest BCUT2D eigenvalue weighted by Gasteiger charge is 2.34. The van der Waals surface area contributed by atoms with Crippen molar-refractivity contribution in [3.63, 3.8) is 0 Å². The summed E-state index contributed by atoms with van der Waals surface area (Å²) in [5.74, 6) is 0.239. The molecule has 3 atom stereocenters. The van der Waals surface area contributed by atoms with Gasteiger partial charge >= 0.3 is 0 Å². The third-order valence-corrected chi connectivity index (χ3v) is 9.19. The summed E-state index contributed by atoms with van der Waals surface area (Å²) in [5, 5.41) is 2.85. The van der Waals surface area contributed by atoms with Crippen molar-refractivity contribution in [1.29, 1.82) is 0 Å². The van der Waals surface area contributed by atoms with Gasteiger partial charge in [0, 0.05) is 37.8 Å². The molecule has 0 aliphatic carbocycles. The second-order valence-electron chi connectivity index (χ2n) is 9.07. The Bertz CT molecular complexity index is 1050. The summed E-state index contributed by atoms with van der Waals surface area (Å²) in [6, 6.07) is 4.02. The fourth-order valence-electron chi connectivity index (χ4n) is 4.59. The highest BCUT2D eigenvalue weighted by molar-refractivity contribution is 7.89. The highest BCUT2D eigenvalue weighted by atomic mass is 32.2. The molecule has 2 aliphatic heterocycles. The number of hydrogen-bond donors (Lipinski definition) is 1. The Morgan fingerprint density at radius 2 is 1.72 bits per heavy atom. The minimum absolute atomic E-state index is 0.0321. The maximum atomic E-state index is 13.4. The molecule has 0 aromatic heterocycles. The monoisotopic (exact) mass is 487 g/mol. The third kappa shape index (κ3) is 5.62.